The Morgan fingerprint density at radius 3 is 2.55 bits per heavy atom. The van der Waals surface area contributed by atoms with Gasteiger partial charge >= 0.3 is 17.1 Å². The van der Waals surface area contributed by atoms with Gasteiger partial charge in [-0.25, -0.2) is 9.89 Å². The number of aromatic amines is 1. The monoisotopic (exact) mass is 525 g/mol. The molecule has 0 aromatic carbocycles. The highest BCUT2D eigenvalue weighted by molar-refractivity contribution is 5.96. The van der Waals surface area contributed by atoms with Crippen LogP contribution < -0.4 is 15.4 Å². The smallest absolute Gasteiger partial charge is 0.378 e. The molecule has 1 saturated carbocycles. The summed E-state index contributed by atoms with van der Waals surface area (Å²) in [6.07, 6.45) is 9.15. The van der Waals surface area contributed by atoms with Crippen LogP contribution in [0.3, 0.4) is 0 Å². The van der Waals surface area contributed by atoms with Gasteiger partial charge < -0.3 is 20.2 Å². The Bertz CT molecular complexity index is 1330. The van der Waals surface area contributed by atoms with Crippen molar-refractivity contribution in [2.24, 2.45) is 5.92 Å². The fraction of sp³-hybridized carbons (Fsp3) is 0.643. The molecule has 4 heterocycles. The number of hydrogen-bond acceptors (Lipinski definition) is 5. The first kappa shape index (κ1) is 26.5. The van der Waals surface area contributed by atoms with Gasteiger partial charge in [-0.2, -0.15) is 4.57 Å². The summed E-state index contributed by atoms with van der Waals surface area (Å²) < 4.78 is 2.93. The van der Waals surface area contributed by atoms with Gasteiger partial charge in [-0.1, -0.05) is 25.3 Å². The summed E-state index contributed by atoms with van der Waals surface area (Å²) >= 11 is 0. The van der Waals surface area contributed by atoms with Gasteiger partial charge in [0.2, 0.25) is 11.5 Å². The van der Waals surface area contributed by atoms with Crippen LogP contribution in [0.4, 0.5) is 0 Å². The molecule has 206 valence electrons. The van der Waals surface area contributed by atoms with Crippen LogP contribution in [-0.4, -0.2) is 74.1 Å². The van der Waals surface area contributed by atoms with E-state index in [1.165, 1.54) is 4.52 Å². The summed E-state index contributed by atoms with van der Waals surface area (Å²) in [7, 11) is 0. The van der Waals surface area contributed by atoms with Crippen LogP contribution in [0.1, 0.15) is 80.9 Å². The standard InChI is InChI=1S/C28H40N6O4/c1-5-31-15-12-28(13-16-31)11-6-14-33(28)22(35)10-9-21-19(4)30-34-25(21)32(17-18(2)3)26(37)23(27(34)38)24(36)29-20-7-8-20/h9-10,18,20H,5-8,11-17H2,1-4H3,(H2,29,36,37,38)/p+1/b10-9+. The van der Waals surface area contributed by atoms with Gasteiger partial charge in [-0.3, -0.25) is 9.59 Å². The van der Waals surface area contributed by atoms with Gasteiger partial charge in [-0.15, -0.1) is 0 Å². The molecule has 3 aliphatic rings. The average Bonchev–Trinajstić information content (AvgIpc) is 3.50. The number of aryl methyl sites for hydroxylation is 1. The number of carbonyl (C=O) groups excluding carboxylic acids is 2. The summed E-state index contributed by atoms with van der Waals surface area (Å²) in [5.41, 5.74) is 0.827. The first-order valence-corrected chi connectivity index (χ1v) is 14.1. The first-order chi connectivity index (χ1) is 18.1. The zero-order valence-corrected chi connectivity index (χ0v) is 23.0. The quantitative estimate of drug-likeness (QED) is 0.378. The summed E-state index contributed by atoms with van der Waals surface area (Å²) in [6, 6.07) is 0.0542. The van der Waals surface area contributed by atoms with Crippen LogP contribution in [0.25, 0.3) is 11.7 Å². The van der Waals surface area contributed by atoms with E-state index >= 15 is 0 Å². The number of aromatic hydroxyl groups is 1. The number of aromatic nitrogens is 3. The maximum Gasteiger partial charge on any atom is 0.378 e. The lowest BCUT2D eigenvalue weighted by molar-refractivity contribution is -0.686. The molecule has 0 atom stereocenters. The fourth-order valence-electron chi connectivity index (χ4n) is 6.18. The zero-order valence-electron chi connectivity index (χ0n) is 23.0. The molecule has 2 aromatic heterocycles. The number of nitrogens with one attached hydrogen (secondary N) is 2. The topological polar surface area (TPSA) is 114 Å². The van der Waals surface area contributed by atoms with E-state index < -0.39 is 11.5 Å². The van der Waals surface area contributed by atoms with Crippen molar-refractivity contribution in [3.63, 3.8) is 0 Å². The molecule has 3 fully saturated rings. The number of piperidine rings is 1. The summed E-state index contributed by atoms with van der Waals surface area (Å²) in [6.45, 7) is 12.2. The molecule has 3 N–H and O–H groups in total. The minimum Gasteiger partial charge on any atom is -0.477 e. The second-order valence-electron chi connectivity index (χ2n) is 11.7. The second-order valence-corrected chi connectivity index (χ2v) is 11.7. The van der Waals surface area contributed by atoms with Crippen LogP contribution in [0.2, 0.25) is 0 Å². The Morgan fingerprint density at radius 1 is 1.21 bits per heavy atom. The molecule has 2 saturated heterocycles. The Hall–Kier alpha value is -3.14. The van der Waals surface area contributed by atoms with Crippen LogP contribution in [0.15, 0.2) is 10.9 Å². The number of fused-ring (bicyclic) bond motifs is 1. The van der Waals surface area contributed by atoms with Crippen LogP contribution in [-0.2, 0) is 11.3 Å². The molecule has 2 aromatic rings. The number of hydrogen-bond donors (Lipinski definition) is 3. The van der Waals surface area contributed by atoms with E-state index in [2.05, 4.69) is 22.2 Å². The van der Waals surface area contributed by atoms with Crippen LogP contribution >= 0.6 is 0 Å². The van der Waals surface area contributed by atoms with Crippen molar-refractivity contribution in [2.45, 2.75) is 84.3 Å². The minimum absolute atomic E-state index is 0.0198. The predicted octanol–water partition coefficient (Wildman–Crippen LogP) is 1.97. The van der Waals surface area contributed by atoms with Gasteiger partial charge in [0, 0.05) is 37.3 Å². The van der Waals surface area contributed by atoms with E-state index in [9.17, 15) is 19.5 Å². The van der Waals surface area contributed by atoms with Crippen molar-refractivity contribution in [1.29, 1.82) is 0 Å². The van der Waals surface area contributed by atoms with Gasteiger partial charge in [0.25, 0.3) is 5.91 Å². The van der Waals surface area contributed by atoms with E-state index in [0.29, 0.717) is 23.4 Å². The number of rotatable bonds is 7. The van der Waals surface area contributed by atoms with Crippen molar-refractivity contribution in [2.75, 3.05) is 26.2 Å². The Labute approximate surface area is 223 Å². The highest BCUT2D eigenvalue weighted by atomic mass is 16.3. The zero-order chi connectivity index (χ0) is 27.2. The second kappa shape index (κ2) is 10.2. The Morgan fingerprint density at radius 2 is 1.92 bits per heavy atom. The molecule has 0 unspecified atom stereocenters. The van der Waals surface area contributed by atoms with Gasteiger partial charge in [0.1, 0.15) is 0 Å². The van der Waals surface area contributed by atoms with Gasteiger partial charge in [0.05, 0.1) is 17.8 Å². The molecule has 0 bridgehead atoms. The molecule has 2 amide bonds. The van der Waals surface area contributed by atoms with E-state index in [1.807, 2.05) is 25.7 Å². The molecule has 1 spiro atoms. The van der Waals surface area contributed by atoms with Crippen LogP contribution in [0.5, 0.6) is 5.88 Å². The molecular weight excluding hydrogens is 484 g/mol. The lowest BCUT2D eigenvalue weighted by atomic mass is 9.85. The Balaban J connectivity index is 1.51. The van der Waals surface area contributed by atoms with E-state index in [1.54, 1.807) is 16.7 Å². The number of carbonyl (C=O) groups is 2. The number of H-pyrrole nitrogens is 1. The highest BCUT2D eigenvalue weighted by Gasteiger charge is 2.44. The average molecular weight is 526 g/mol. The molecule has 5 rings (SSSR count). The van der Waals surface area contributed by atoms with Crippen molar-refractivity contribution < 1.29 is 19.3 Å². The summed E-state index contributed by atoms with van der Waals surface area (Å²) in [4.78, 5) is 44.3. The predicted molar refractivity (Wildman–Crippen MR) is 144 cm³/mol. The highest BCUT2D eigenvalue weighted by Crippen LogP contribution is 2.38. The van der Waals surface area contributed by atoms with Crippen molar-refractivity contribution >= 4 is 23.5 Å². The molecule has 2 aliphatic heterocycles. The van der Waals surface area contributed by atoms with E-state index in [4.69, 9.17) is 0 Å². The van der Waals surface area contributed by atoms with Crippen molar-refractivity contribution in [1.82, 2.24) is 24.7 Å². The normalized spacial score (nSPS) is 19.9. The molecular formula is C28H41N6O4+. The SMILES string of the molecule is CCN1CCC2(CCCN2C(=O)/C=C/c2c(C)[nH]n3c(=O)c(C(=O)NC4CC4)c(O)[n+](CC(C)C)c23)CC1. The minimum atomic E-state index is -0.606. The third-order valence-corrected chi connectivity index (χ3v) is 8.46. The van der Waals surface area contributed by atoms with Crippen LogP contribution in [0, 0.1) is 12.8 Å². The molecule has 38 heavy (non-hydrogen) atoms. The Kier molecular flexibility index (Phi) is 7.11. The molecule has 10 heteroatoms. The lowest BCUT2D eigenvalue weighted by Gasteiger charge is -2.44. The molecule has 10 nitrogen and oxygen atoms in total. The largest absolute Gasteiger partial charge is 0.477 e. The maximum absolute atomic E-state index is 13.5. The number of likely N-dealkylation sites (tertiary alicyclic amines) is 2. The van der Waals surface area contributed by atoms with E-state index in [0.717, 1.165) is 64.7 Å². The lowest BCUT2D eigenvalue weighted by Crippen LogP contribution is -2.53. The molecule has 1 aliphatic carbocycles. The number of amides is 2. The van der Waals surface area contributed by atoms with Crippen molar-refractivity contribution in [3.05, 3.63) is 33.3 Å². The third kappa shape index (κ3) is 4.74. The molecule has 0 radical (unpaired) electrons. The fourth-order valence-corrected chi connectivity index (χ4v) is 6.18. The first-order valence-electron chi connectivity index (χ1n) is 14.1. The maximum atomic E-state index is 13.5. The summed E-state index contributed by atoms with van der Waals surface area (Å²) in [5.74, 6) is -0.787. The third-order valence-electron chi connectivity index (χ3n) is 8.46. The van der Waals surface area contributed by atoms with Crippen molar-refractivity contribution in [3.8, 4) is 5.88 Å². The van der Waals surface area contributed by atoms with E-state index in [-0.39, 0.29) is 34.8 Å². The van der Waals surface area contributed by atoms with Gasteiger partial charge in [-0.05, 0) is 64.0 Å². The number of nitrogens with zero attached hydrogens (tertiary/aromatic N) is 4. The van der Waals surface area contributed by atoms with Gasteiger partial charge in [0.15, 0.2) is 0 Å². The summed E-state index contributed by atoms with van der Waals surface area (Å²) in [5, 5.41) is 17.1.